The molecule has 0 aromatic heterocycles. The molecule has 2 heteroatoms. The average molecular weight is 268 g/mol. The van der Waals surface area contributed by atoms with E-state index in [1.54, 1.807) is 11.8 Å². The van der Waals surface area contributed by atoms with Crippen LogP contribution in [-0.4, -0.2) is 17.0 Å². The maximum Gasteiger partial charge on any atom is 0.124 e. The van der Waals surface area contributed by atoms with Crippen LogP contribution in [0.2, 0.25) is 0 Å². The molecular weight excluding hydrogens is 252 g/mol. The summed E-state index contributed by atoms with van der Waals surface area (Å²) in [7, 11) is 0. The molecule has 2 rings (SSSR count). The van der Waals surface area contributed by atoms with E-state index in [1.165, 1.54) is 5.56 Å². The van der Waals surface area contributed by atoms with Gasteiger partial charge < -0.3 is 5.11 Å². The predicted molar refractivity (Wildman–Crippen MR) is 81.2 cm³/mol. The van der Waals surface area contributed by atoms with Crippen LogP contribution in [0.1, 0.15) is 11.1 Å². The van der Waals surface area contributed by atoms with Gasteiger partial charge in [0.1, 0.15) is 6.10 Å². The lowest BCUT2D eigenvalue weighted by Crippen LogP contribution is -2.06. The Bertz CT molecular complexity index is 564. The Labute approximate surface area is 118 Å². The van der Waals surface area contributed by atoms with E-state index in [9.17, 15) is 5.11 Å². The quantitative estimate of drug-likeness (QED) is 0.679. The number of hydrogen-bond acceptors (Lipinski definition) is 2. The Morgan fingerprint density at radius 1 is 1.05 bits per heavy atom. The average Bonchev–Trinajstić information content (AvgIpc) is 2.45. The van der Waals surface area contributed by atoms with Crippen molar-refractivity contribution < 1.29 is 5.11 Å². The second-order valence-corrected chi connectivity index (χ2v) is 5.37. The molecule has 0 amide bonds. The number of hydrogen-bond donors (Lipinski definition) is 1. The molecule has 1 nitrogen and oxygen atoms in total. The van der Waals surface area contributed by atoms with E-state index in [2.05, 4.69) is 43.0 Å². The normalized spacial score (nSPS) is 11.5. The maximum absolute atomic E-state index is 9.83. The topological polar surface area (TPSA) is 20.2 Å². The van der Waals surface area contributed by atoms with Gasteiger partial charge in [0.2, 0.25) is 0 Å². The van der Waals surface area contributed by atoms with Gasteiger partial charge in [-0.2, -0.15) is 0 Å². The van der Waals surface area contributed by atoms with Crippen LogP contribution in [0.25, 0.3) is 0 Å². The van der Waals surface area contributed by atoms with Crippen LogP contribution in [0, 0.1) is 18.8 Å². The fourth-order valence-electron chi connectivity index (χ4n) is 1.54. The van der Waals surface area contributed by atoms with Crippen LogP contribution < -0.4 is 0 Å². The van der Waals surface area contributed by atoms with Gasteiger partial charge in [-0.3, -0.25) is 0 Å². The van der Waals surface area contributed by atoms with Crippen molar-refractivity contribution in [1.29, 1.82) is 0 Å². The van der Waals surface area contributed by atoms with Gasteiger partial charge in [-0.1, -0.05) is 47.7 Å². The van der Waals surface area contributed by atoms with Gasteiger partial charge >= 0.3 is 0 Å². The molecule has 0 spiro atoms. The number of aliphatic hydroxyl groups is 1. The molecule has 2 aromatic carbocycles. The first-order valence-corrected chi connectivity index (χ1v) is 7.17. The number of aryl methyl sites for hydroxylation is 1. The van der Waals surface area contributed by atoms with E-state index >= 15 is 0 Å². The second-order valence-electron chi connectivity index (χ2n) is 4.28. The molecule has 1 atom stereocenters. The van der Waals surface area contributed by atoms with Crippen molar-refractivity contribution in [3.8, 4) is 11.8 Å². The molecule has 0 unspecified atom stereocenters. The summed E-state index contributed by atoms with van der Waals surface area (Å²) in [5.74, 6) is 6.43. The number of thioether (sulfide) groups is 1. The molecule has 0 saturated carbocycles. The Morgan fingerprint density at radius 3 is 2.42 bits per heavy atom. The summed E-state index contributed by atoms with van der Waals surface area (Å²) in [4.78, 5) is 1.16. The Hall–Kier alpha value is -1.69. The summed E-state index contributed by atoms with van der Waals surface area (Å²) in [5.41, 5.74) is 2.18. The van der Waals surface area contributed by atoms with Crippen molar-refractivity contribution in [3.05, 3.63) is 65.7 Å². The summed E-state index contributed by atoms with van der Waals surface area (Å²) < 4.78 is 0. The van der Waals surface area contributed by atoms with Crippen LogP contribution in [0.5, 0.6) is 0 Å². The van der Waals surface area contributed by atoms with Gasteiger partial charge in [0.25, 0.3) is 0 Å². The summed E-state index contributed by atoms with van der Waals surface area (Å²) in [5, 5.41) is 9.83. The highest BCUT2D eigenvalue weighted by atomic mass is 32.2. The minimum absolute atomic E-state index is 0.586. The number of benzene rings is 2. The molecule has 1 N–H and O–H groups in total. The number of aliphatic hydroxyl groups excluding tert-OH is 1. The minimum atomic E-state index is -0.605. The third kappa shape index (κ3) is 4.82. The van der Waals surface area contributed by atoms with Crippen molar-refractivity contribution in [2.45, 2.75) is 17.9 Å². The van der Waals surface area contributed by atoms with Gasteiger partial charge in [-0.15, -0.1) is 11.8 Å². The predicted octanol–water partition coefficient (Wildman–Crippen LogP) is 3.50. The smallest absolute Gasteiger partial charge is 0.124 e. The van der Waals surface area contributed by atoms with E-state index in [4.69, 9.17) is 0 Å². The minimum Gasteiger partial charge on any atom is -0.379 e. The van der Waals surface area contributed by atoms with Crippen molar-refractivity contribution in [2.24, 2.45) is 0 Å². The van der Waals surface area contributed by atoms with Crippen LogP contribution in [-0.2, 0) is 0 Å². The van der Waals surface area contributed by atoms with E-state index < -0.39 is 6.10 Å². The van der Waals surface area contributed by atoms with Crippen LogP contribution >= 0.6 is 11.8 Å². The first kappa shape index (κ1) is 13.7. The van der Waals surface area contributed by atoms with Gasteiger partial charge in [0.05, 0.1) is 0 Å². The van der Waals surface area contributed by atoms with E-state index in [0.29, 0.717) is 5.75 Å². The van der Waals surface area contributed by atoms with Crippen molar-refractivity contribution in [2.75, 3.05) is 5.75 Å². The van der Waals surface area contributed by atoms with Gasteiger partial charge in [0.15, 0.2) is 0 Å². The highest BCUT2D eigenvalue weighted by Gasteiger charge is 2.00. The summed E-state index contributed by atoms with van der Waals surface area (Å²) in [6.45, 7) is 2.06. The molecule has 0 heterocycles. The monoisotopic (exact) mass is 268 g/mol. The first-order valence-electron chi connectivity index (χ1n) is 6.18. The largest absolute Gasteiger partial charge is 0.379 e. The molecule has 19 heavy (non-hydrogen) atoms. The van der Waals surface area contributed by atoms with Gasteiger partial charge in [0, 0.05) is 16.2 Å². The molecule has 0 fully saturated rings. The fourth-order valence-corrected chi connectivity index (χ4v) is 2.30. The van der Waals surface area contributed by atoms with Gasteiger partial charge in [-0.05, 0) is 31.2 Å². The number of rotatable bonds is 3. The SMILES string of the molecule is Cc1ccc(SC[C@H](O)C#Cc2ccccc2)cc1. The molecule has 0 aliphatic carbocycles. The molecule has 0 radical (unpaired) electrons. The lowest BCUT2D eigenvalue weighted by atomic mass is 10.2. The van der Waals surface area contributed by atoms with E-state index in [1.807, 2.05) is 30.3 Å². The van der Waals surface area contributed by atoms with Crippen LogP contribution in [0.4, 0.5) is 0 Å². The first-order chi connectivity index (χ1) is 9.24. The third-order valence-corrected chi connectivity index (χ3v) is 3.67. The van der Waals surface area contributed by atoms with Crippen molar-refractivity contribution in [3.63, 3.8) is 0 Å². The fraction of sp³-hybridized carbons (Fsp3) is 0.176. The third-order valence-electron chi connectivity index (χ3n) is 2.59. The molecule has 2 aromatic rings. The van der Waals surface area contributed by atoms with Gasteiger partial charge in [-0.25, -0.2) is 0 Å². The standard InChI is InChI=1S/C17H16OS/c1-14-7-11-17(12-8-14)19-13-16(18)10-9-15-5-3-2-4-6-15/h2-8,11-12,16,18H,13H2,1H3/t16-/m1/s1. The Morgan fingerprint density at radius 2 is 1.74 bits per heavy atom. The summed E-state index contributed by atoms with van der Waals surface area (Å²) in [6.07, 6.45) is -0.605. The second kappa shape index (κ2) is 7.04. The zero-order valence-electron chi connectivity index (χ0n) is 10.8. The van der Waals surface area contributed by atoms with Crippen molar-refractivity contribution in [1.82, 2.24) is 0 Å². The highest BCUT2D eigenvalue weighted by Crippen LogP contribution is 2.18. The maximum atomic E-state index is 9.83. The van der Waals surface area contributed by atoms with Crippen molar-refractivity contribution >= 4 is 11.8 Å². The van der Waals surface area contributed by atoms with E-state index in [-0.39, 0.29) is 0 Å². The Balaban J connectivity index is 1.87. The highest BCUT2D eigenvalue weighted by molar-refractivity contribution is 7.99. The van der Waals surface area contributed by atoms with Crippen LogP contribution in [0.15, 0.2) is 59.5 Å². The summed E-state index contributed by atoms with van der Waals surface area (Å²) >= 11 is 1.62. The lowest BCUT2D eigenvalue weighted by Gasteiger charge is -2.03. The molecule has 0 aliphatic heterocycles. The van der Waals surface area contributed by atoms with E-state index in [0.717, 1.165) is 10.5 Å². The molecule has 0 bridgehead atoms. The molecule has 0 aliphatic rings. The molecule has 96 valence electrons. The lowest BCUT2D eigenvalue weighted by molar-refractivity contribution is 0.258. The molecule has 0 saturated heterocycles. The molecular formula is C17H16OS. The summed E-state index contributed by atoms with van der Waals surface area (Å²) in [6, 6.07) is 18.0. The zero-order valence-corrected chi connectivity index (χ0v) is 11.7. The zero-order chi connectivity index (χ0) is 13.5. The van der Waals surface area contributed by atoms with Crippen LogP contribution in [0.3, 0.4) is 0 Å². The Kier molecular flexibility index (Phi) is 5.09.